The molecule has 5 rings (SSSR count). The minimum absolute atomic E-state index is 0.0614. The van der Waals surface area contributed by atoms with Crippen LogP contribution in [0.25, 0.3) is 28.7 Å². The number of aromatic nitrogens is 4. The Kier molecular flexibility index (Phi) is 5.29. The largest absolute Gasteiger partial charge is 0.306 e. The van der Waals surface area contributed by atoms with Gasteiger partial charge in [0.15, 0.2) is 5.78 Å². The summed E-state index contributed by atoms with van der Waals surface area (Å²) in [6, 6.07) is 27.4. The molecule has 0 unspecified atom stereocenters. The van der Waals surface area contributed by atoms with E-state index in [1.807, 2.05) is 113 Å². The Balaban J connectivity index is 1.45. The molecule has 0 N–H and O–H groups in total. The quantitative estimate of drug-likeness (QED) is 0.267. The molecule has 5 heteroatoms. The summed E-state index contributed by atoms with van der Waals surface area (Å²) < 4.78 is 3.74. The van der Waals surface area contributed by atoms with Crippen LogP contribution in [0.15, 0.2) is 116 Å². The molecular formula is C27H20N4O. The molecule has 0 spiro atoms. The fourth-order valence-electron chi connectivity index (χ4n) is 3.51. The number of carbonyl (C=O) groups is 1. The van der Waals surface area contributed by atoms with E-state index >= 15 is 0 Å². The second kappa shape index (κ2) is 8.70. The number of hydrogen-bond acceptors (Lipinski definition) is 3. The van der Waals surface area contributed by atoms with Gasteiger partial charge in [0, 0.05) is 41.0 Å². The summed E-state index contributed by atoms with van der Waals surface area (Å²) in [5, 5.41) is 4.79. The van der Waals surface area contributed by atoms with Crippen molar-refractivity contribution in [3.63, 3.8) is 0 Å². The molecule has 0 radical (unpaired) electrons. The van der Waals surface area contributed by atoms with Crippen molar-refractivity contribution >= 4 is 11.9 Å². The molecule has 2 heterocycles. The molecule has 5 nitrogen and oxygen atoms in total. The zero-order valence-corrected chi connectivity index (χ0v) is 17.2. The lowest BCUT2D eigenvalue weighted by molar-refractivity contribution is 0.104. The third-order valence-electron chi connectivity index (χ3n) is 5.18. The highest BCUT2D eigenvalue weighted by atomic mass is 16.1. The monoisotopic (exact) mass is 416 g/mol. The van der Waals surface area contributed by atoms with Gasteiger partial charge in [-0.05, 0) is 48.6 Å². The third kappa shape index (κ3) is 4.04. The first-order valence-electron chi connectivity index (χ1n) is 10.3. The lowest BCUT2D eigenvalue weighted by Gasteiger charge is -2.02. The molecule has 0 fully saturated rings. The Hall–Kier alpha value is -4.51. The van der Waals surface area contributed by atoms with Crippen molar-refractivity contribution < 1.29 is 4.79 Å². The first-order valence-corrected chi connectivity index (χ1v) is 10.3. The molecule has 0 saturated heterocycles. The number of ketones is 1. The number of hydrogen-bond donors (Lipinski definition) is 0. The lowest BCUT2D eigenvalue weighted by Crippen LogP contribution is -1.96. The molecule has 0 aliphatic carbocycles. The van der Waals surface area contributed by atoms with Crippen LogP contribution in [0.4, 0.5) is 0 Å². The normalized spacial score (nSPS) is 11.1. The number of benzene rings is 3. The maximum atomic E-state index is 12.8. The SMILES string of the molecule is O=C(/C=C/c1cn(-c2ccccc2)nc1-c1ccccc1)c1ccc(-n2ccnc2)cc1. The smallest absolute Gasteiger partial charge is 0.185 e. The summed E-state index contributed by atoms with van der Waals surface area (Å²) in [4.78, 5) is 16.9. The summed E-state index contributed by atoms with van der Waals surface area (Å²) in [5.74, 6) is -0.0614. The van der Waals surface area contributed by atoms with Gasteiger partial charge in [0.05, 0.1) is 17.7 Å². The van der Waals surface area contributed by atoms with Gasteiger partial charge >= 0.3 is 0 Å². The Morgan fingerprint density at radius 2 is 1.53 bits per heavy atom. The first-order chi connectivity index (χ1) is 15.8. The summed E-state index contributed by atoms with van der Waals surface area (Å²) in [6.07, 6.45) is 10.7. The van der Waals surface area contributed by atoms with Crippen molar-refractivity contribution in [1.29, 1.82) is 0 Å². The summed E-state index contributed by atoms with van der Waals surface area (Å²) in [5.41, 5.74) is 5.25. The van der Waals surface area contributed by atoms with Crippen LogP contribution in [0.3, 0.4) is 0 Å². The van der Waals surface area contributed by atoms with Crippen LogP contribution in [0.1, 0.15) is 15.9 Å². The number of carbonyl (C=O) groups excluding carboxylic acids is 1. The van der Waals surface area contributed by atoms with Gasteiger partial charge in [-0.2, -0.15) is 5.10 Å². The highest BCUT2D eigenvalue weighted by Crippen LogP contribution is 2.25. The molecule has 154 valence electrons. The maximum Gasteiger partial charge on any atom is 0.185 e. The van der Waals surface area contributed by atoms with E-state index in [0.717, 1.165) is 28.2 Å². The molecule has 2 aromatic heterocycles. The van der Waals surface area contributed by atoms with Gasteiger partial charge in [-0.15, -0.1) is 0 Å². The van der Waals surface area contributed by atoms with Gasteiger partial charge in [0.2, 0.25) is 0 Å². The number of nitrogens with zero attached hydrogens (tertiary/aromatic N) is 4. The van der Waals surface area contributed by atoms with Crippen LogP contribution in [0, 0.1) is 0 Å². The molecule has 0 aliphatic heterocycles. The Morgan fingerprint density at radius 3 is 2.22 bits per heavy atom. The van der Waals surface area contributed by atoms with Gasteiger partial charge < -0.3 is 4.57 Å². The molecule has 0 amide bonds. The minimum atomic E-state index is -0.0614. The first kappa shape index (κ1) is 19.5. The van der Waals surface area contributed by atoms with Crippen molar-refractivity contribution in [3.05, 3.63) is 127 Å². The minimum Gasteiger partial charge on any atom is -0.306 e. The maximum absolute atomic E-state index is 12.8. The van der Waals surface area contributed by atoms with Gasteiger partial charge in [0.25, 0.3) is 0 Å². The van der Waals surface area contributed by atoms with E-state index in [-0.39, 0.29) is 5.78 Å². The highest BCUT2D eigenvalue weighted by Gasteiger charge is 2.11. The summed E-state index contributed by atoms with van der Waals surface area (Å²) in [6.45, 7) is 0. The van der Waals surface area contributed by atoms with Crippen molar-refractivity contribution in [2.24, 2.45) is 0 Å². The van der Waals surface area contributed by atoms with Crippen LogP contribution in [-0.4, -0.2) is 25.1 Å². The second-order valence-corrected chi connectivity index (χ2v) is 7.29. The zero-order valence-electron chi connectivity index (χ0n) is 17.2. The van der Waals surface area contributed by atoms with E-state index in [9.17, 15) is 4.79 Å². The molecule has 32 heavy (non-hydrogen) atoms. The summed E-state index contributed by atoms with van der Waals surface area (Å²) in [7, 11) is 0. The van der Waals surface area contributed by atoms with Gasteiger partial charge in [-0.1, -0.05) is 48.5 Å². The predicted molar refractivity (Wildman–Crippen MR) is 126 cm³/mol. The standard InChI is InChI=1S/C27H20N4O/c32-26(21-11-14-24(15-12-21)30-18-17-28-20-30)16-13-23-19-31(25-9-5-2-6-10-25)29-27(23)22-7-3-1-4-8-22/h1-20H/b16-13+. The lowest BCUT2D eigenvalue weighted by atomic mass is 10.1. The van der Waals surface area contributed by atoms with Gasteiger partial charge in [-0.25, -0.2) is 9.67 Å². The van der Waals surface area contributed by atoms with E-state index in [1.165, 1.54) is 0 Å². The average molecular weight is 416 g/mol. The molecule has 3 aromatic carbocycles. The molecule has 0 aliphatic rings. The van der Waals surface area contributed by atoms with Crippen LogP contribution >= 0.6 is 0 Å². The van der Waals surface area contributed by atoms with Gasteiger partial charge in [-0.3, -0.25) is 4.79 Å². The molecule has 0 bridgehead atoms. The molecule has 0 atom stereocenters. The second-order valence-electron chi connectivity index (χ2n) is 7.29. The number of para-hydroxylation sites is 1. The third-order valence-corrected chi connectivity index (χ3v) is 5.18. The van der Waals surface area contributed by atoms with Crippen molar-refractivity contribution in [2.75, 3.05) is 0 Å². The van der Waals surface area contributed by atoms with Crippen molar-refractivity contribution in [2.45, 2.75) is 0 Å². The Bertz CT molecular complexity index is 1350. The van der Waals surface area contributed by atoms with Crippen LogP contribution in [0.5, 0.6) is 0 Å². The summed E-state index contributed by atoms with van der Waals surface area (Å²) >= 11 is 0. The van der Waals surface area contributed by atoms with E-state index < -0.39 is 0 Å². The van der Waals surface area contributed by atoms with E-state index in [1.54, 1.807) is 18.6 Å². The van der Waals surface area contributed by atoms with Crippen LogP contribution in [-0.2, 0) is 0 Å². The average Bonchev–Trinajstić information content (AvgIpc) is 3.54. The molecule has 5 aromatic rings. The van der Waals surface area contributed by atoms with Crippen molar-refractivity contribution in [1.82, 2.24) is 19.3 Å². The Labute approximate surface area is 185 Å². The van der Waals surface area contributed by atoms with E-state index in [2.05, 4.69) is 4.98 Å². The van der Waals surface area contributed by atoms with Crippen molar-refractivity contribution in [3.8, 4) is 22.6 Å². The van der Waals surface area contributed by atoms with Gasteiger partial charge in [0.1, 0.15) is 0 Å². The molecule has 0 saturated carbocycles. The van der Waals surface area contributed by atoms with Crippen LogP contribution in [0.2, 0.25) is 0 Å². The van der Waals surface area contributed by atoms with Crippen LogP contribution < -0.4 is 0 Å². The predicted octanol–water partition coefficient (Wildman–Crippen LogP) is 5.62. The number of rotatable bonds is 6. The topological polar surface area (TPSA) is 52.7 Å². The highest BCUT2D eigenvalue weighted by molar-refractivity contribution is 6.07. The van der Waals surface area contributed by atoms with E-state index in [0.29, 0.717) is 5.56 Å². The zero-order chi connectivity index (χ0) is 21.8. The number of allylic oxidation sites excluding steroid dienone is 1. The fraction of sp³-hybridized carbons (Fsp3) is 0. The number of imidazole rings is 1. The Morgan fingerprint density at radius 1 is 0.812 bits per heavy atom. The molecular weight excluding hydrogens is 396 g/mol. The fourth-order valence-corrected chi connectivity index (χ4v) is 3.51. The van der Waals surface area contributed by atoms with E-state index in [4.69, 9.17) is 5.10 Å².